The van der Waals surface area contributed by atoms with E-state index in [1.807, 2.05) is 6.26 Å². The number of rotatable bonds is 3. The number of alkyl halides is 3. The largest absolute Gasteiger partial charge is 0.478 e. The van der Waals surface area contributed by atoms with Crippen molar-refractivity contribution < 1.29 is 23.1 Å². The number of fused-ring (bicyclic) bond motifs is 1. The molecule has 0 saturated heterocycles. The minimum atomic E-state index is -4.48. The molecule has 0 radical (unpaired) electrons. The van der Waals surface area contributed by atoms with Gasteiger partial charge in [0, 0.05) is 15.8 Å². The molecule has 0 amide bonds. The Hall–Kier alpha value is -2.54. The maximum Gasteiger partial charge on any atom is 0.416 e. The second kappa shape index (κ2) is 6.40. The first-order valence-corrected chi connectivity index (χ1v) is 8.42. The maximum atomic E-state index is 12.9. The van der Waals surface area contributed by atoms with E-state index in [1.165, 1.54) is 30.0 Å². The standard InChI is InChI=1S/C18H12F3NO2S/c1-25-12-5-6-13-14(17(23)24)9-15(22-16(13)8-12)10-3-2-4-11(7-10)18(19,20)21/h2-9H,1H3,(H,23,24). The summed E-state index contributed by atoms with van der Waals surface area (Å²) in [5.74, 6) is -1.16. The molecule has 0 saturated carbocycles. The van der Waals surface area contributed by atoms with E-state index in [0.717, 1.165) is 17.0 Å². The van der Waals surface area contributed by atoms with Crippen molar-refractivity contribution in [2.45, 2.75) is 11.1 Å². The van der Waals surface area contributed by atoms with Crippen molar-refractivity contribution >= 4 is 28.6 Å². The quantitative estimate of drug-likeness (QED) is 0.638. The zero-order valence-electron chi connectivity index (χ0n) is 13.0. The number of benzene rings is 2. The van der Waals surface area contributed by atoms with Gasteiger partial charge in [-0.3, -0.25) is 0 Å². The van der Waals surface area contributed by atoms with Gasteiger partial charge < -0.3 is 5.11 Å². The van der Waals surface area contributed by atoms with Crippen LogP contribution in [0.25, 0.3) is 22.2 Å². The Kier molecular flexibility index (Phi) is 4.43. The van der Waals surface area contributed by atoms with Gasteiger partial charge in [-0.15, -0.1) is 11.8 Å². The van der Waals surface area contributed by atoms with E-state index >= 15 is 0 Å². The van der Waals surface area contributed by atoms with Crippen molar-refractivity contribution in [3.63, 3.8) is 0 Å². The average Bonchev–Trinajstić information content (AvgIpc) is 2.59. The van der Waals surface area contributed by atoms with Crippen molar-refractivity contribution in [3.8, 4) is 11.3 Å². The fourth-order valence-electron chi connectivity index (χ4n) is 2.51. The number of aromatic carboxylic acids is 1. The molecule has 0 spiro atoms. The van der Waals surface area contributed by atoms with Gasteiger partial charge in [-0.25, -0.2) is 9.78 Å². The second-order valence-corrected chi connectivity index (χ2v) is 6.20. The molecule has 2 aromatic carbocycles. The first-order chi connectivity index (χ1) is 11.8. The maximum absolute atomic E-state index is 12.9. The highest BCUT2D eigenvalue weighted by atomic mass is 32.2. The van der Waals surface area contributed by atoms with E-state index in [4.69, 9.17) is 0 Å². The molecule has 1 N–H and O–H groups in total. The summed E-state index contributed by atoms with van der Waals surface area (Å²) in [5.41, 5.74) is 0.0360. The fraction of sp³-hybridized carbons (Fsp3) is 0.111. The van der Waals surface area contributed by atoms with Gasteiger partial charge in [0.1, 0.15) is 0 Å². The first-order valence-electron chi connectivity index (χ1n) is 7.19. The third-order valence-electron chi connectivity index (χ3n) is 3.73. The minimum absolute atomic E-state index is 0.00469. The van der Waals surface area contributed by atoms with Crippen LogP contribution in [-0.4, -0.2) is 22.3 Å². The molecule has 0 unspecified atom stereocenters. The van der Waals surface area contributed by atoms with Crippen LogP contribution in [0.3, 0.4) is 0 Å². The van der Waals surface area contributed by atoms with E-state index in [2.05, 4.69) is 4.98 Å². The lowest BCUT2D eigenvalue weighted by Gasteiger charge is -2.11. The topological polar surface area (TPSA) is 50.2 Å². The molecule has 0 fully saturated rings. The van der Waals surface area contributed by atoms with Gasteiger partial charge in [-0.2, -0.15) is 13.2 Å². The zero-order chi connectivity index (χ0) is 18.2. The Morgan fingerprint density at radius 2 is 1.88 bits per heavy atom. The van der Waals surface area contributed by atoms with Crippen LogP contribution in [-0.2, 0) is 6.18 Å². The number of carboxylic acid groups (broad SMARTS) is 1. The Bertz CT molecular complexity index is 970. The lowest BCUT2D eigenvalue weighted by Crippen LogP contribution is -2.05. The number of pyridine rings is 1. The molecule has 128 valence electrons. The fourth-order valence-corrected chi connectivity index (χ4v) is 2.95. The van der Waals surface area contributed by atoms with Crippen molar-refractivity contribution in [2.24, 2.45) is 0 Å². The highest BCUT2D eigenvalue weighted by Gasteiger charge is 2.30. The van der Waals surface area contributed by atoms with Crippen LogP contribution < -0.4 is 0 Å². The molecular weight excluding hydrogens is 351 g/mol. The molecule has 3 rings (SSSR count). The van der Waals surface area contributed by atoms with Crippen LogP contribution in [0, 0.1) is 0 Å². The highest BCUT2D eigenvalue weighted by molar-refractivity contribution is 7.98. The van der Waals surface area contributed by atoms with Crippen LogP contribution in [0.15, 0.2) is 53.4 Å². The van der Waals surface area contributed by atoms with Gasteiger partial charge in [0.25, 0.3) is 0 Å². The number of carbonyl (C=O) groups is 1. The predicted molar refractivity (Wildman–Crippen MR) is 90.9 cm³/mol. The summed E-state index contributed by atoms with van der Waals surface area (Å²) in [6, 6.07) is 11.2. The molecule has 7 heteroatoms. The van der Waals surface area contributed by atoms with E-state index in [0.29, 0.717) is 10.9 Å². The molecule has 0 bridgehead atoms. The molecule has 25 heavy (non-hydrogen) atoms. The summed E-state index contributed by atoms with van der Waals surface area (Å²) >= 11 is 1.47. The number of nitrogens with zero attached hydrogens (tertiary/aromatic N) is 1. The smallest absolute Gasteiger partial charge is 0.416 e. The van der Waals surface area contributed by atoms with Gasteiger partial charge in [0.15, 0.2) is 0 Å². The number of hydrogen-bond acceptors (Lipinski definition) is 3. The monoisotopic (exact) mass is 363 g/mol. The Morgan fingerprint density at radius 1 is 1.12 bits per heavy atom. The highest BCUT2D eigenvalue weighted by Crippen LogP contribution is 2.33. The van der Waals surface area contributed by atoms with Crippen molar-refractivity contribution in [2.75, 3.05) is 6.26 Å². The molecule has 0 aliphatic carbocycles. The van der Waals surface area contributed by atoms with Crippen molar-refractivity contribution in [1.29, 1.82) is 0 Å². The molecule has 1 heterocycles. The Morgan fingerprint density at radius 3 is 2.52 bits per heavy atom. The van der Waals surface area contributed by atoms with Crippen LogP contribution in [0.2, 0.25) is 0 Å². The van der Waals surface area contributed by atoms with Gasteiger partial charge in [0.05, 0.1) is 22.3 Å². The van der Waals surface area contributed by atoms with Crippen molar-refractivity contribution in [3.05, 3.63) is 59.7 Å². The third kappa shape index (κ3) is 3.46. The van der Waals surface area contributed by atoms with Crippen LogP contribution >= 0.6 is 11.8 Å². The molecule has 0 atom stereocenters. The number of halogens is 3. The van der Waals surface area contributed by atoms with Crippen LogP contribution in [0.1, 0.15) is 15.9 Å². The second-order valence-electron chi connectivity index (χ2n) is 5.32. The molecule has 0 aliphatic heterocycles. The van der Waals surface area contributed by atoms with E-state index in [1.54, 1.807) is 18.2 Å². The van der Waals surface area contributed by atoms with Crippen molar-refractivity contribution in [1.82, 2.24) is 4.98 Å². The Labute approximate surface area is 145 Å². The summed E-state index contributed by atoms with van der Waals surface area (Å²) < 4.78 is 38.8. The molecule has 3 aromatic rings. The van der Waals surface area contributed by atoms with E-state index in [9.17, 15) is 23.1 Å². The normalized spacial score (nSPS) is 11.7. The SMILES string of the molecule is CSc1ccc2c(C(=O)O)cc(-c3cccc(C(F)(F)F)c3)nc2c1. The summed E-state index contributed by atoms with van der Waals surface area (Å²) in [6.07, 6.45) is -2.61. The number of aromatic nitrogens is 1. The summed E-state index contributed by atoms with van der Waals surface area (Å²) in [5, 5.41) is 9.90. The van der Waals surface area contributed by atoms with Crippen LogP contribution in [0.5, 0.6) is 0 Å². The van der Waals surface area contributed by atoms with Gasteiger partial charge >= 0.3 is 12.1 Å². The average molecular weight is 363 g/mol. The summed E-state index contributed by atoms with van der Waals surface area (Å²) in [7, 11) is 0. The molecule has 3 nitrogen and oxygen atoms in total. The summed E-state index contributed by atoms with van der Waals surface area (Å²) in [6.45, 7) is 0. The van der Waals surface area contributed by atoms with Gasteiger partial charge in [-0.1, -0.05) is 18.2 Å². The lowest BCUT2D eigenvalue weighted by molar-refractivity contribution is -0.137. The Balaban J connectivity index is 2.24. The summed E-state index contributed by atoms with van der Waals surface area (Å²) in [4.78, 5) is 16.8. The van der Waals surface area contributed by atoms with E-state index < -0.39 is 17.7 Å². The zero-order valence-corrected chi connectivity index (χ0v) is 13.8. The molecule has 1 aromatic heterocycles. The predicted octanol–water partition coefficient (Wildman–Crippen LogP) is 5.34. The van der Waals surface area contributed by atoms with Gasteiger partial charge in [-0.05, 0) is 36.6 Å². The molecular formula is C18H12F3NO2S. The van der Waals surface area contributed by atoms with Gasteiger partial charge in [0.2, 0.25) is 0 Å². The number of carboxylic acids is 1. The number of hydrogen-bond donors (Lipinski definition) is 1. The van der Waals surface area contributed by atoms with Crippen LogP contribution in [0.4, 0.5) is 13.2 Å². The minimum Gasteiger partial charge on any atom is -0.478 e. The molecule has 0 aliphatic rings. The van der Waals surface area contributed by atoms with E-state index in [-0.39, 0.29) is 16.8 Å². The lowest BCUT2D eigenvalue weighted by atomic mass is 10.0. The first kappa shape index (κ1) is 17.3. The number of thioether (sulfide) groups is 1. The third-order valence-corrected chi connectivity index (χ3v) is 4.46.